The highest BCUT2D eigenvalue weighted by atomic mass is 19.4. The fraction of sp³-hybridized carbons (Fsp3) is 1.00. The molecule has 0 aromatic heterocycles. The molecule has 0 atom stereocenters. The first-order valence-electron chi connectivity index (χ1n) is 5.65. The van der Waals surface area contributed by atoms with Crippen LogP contribution >= 0.6 is 0 Å². The van der Waals surface area contributed by atoms with E-state index in [1.54, 1.807) is 0 Å². The minimum absolute atomic E-state index is 0.111. The van der Waals surface area contributed by atoms with E-state index in [1.165, 1.54) is 12.8 Å². The molecular weight excluding hydrogens is 221 g/mol. The van der Waals surface area contributed by atoms with Gasteiger partial charge in [0.1, 0.15) is 6.61 Å². The van der Waals surface area contributed by atoms with Crippen molar-refractivity contribution in [2.75, 3.05) is 45.9 Å². The molecule has 1 rings (SSSR count). The predicted molar refractivity (Wildman–Crippen MR) is 55.4 cm³/mol. The van der Waals surface area contributed by atoms with Gasteiger partial charge in [0.05, 0.1) is 6.61 Å². The lowest BCUT2D eigenvalue weighted by Crippen LogP contribution is -2.32. The van der Waals surface area contributed by atoms with Crippen LogP contribution in [-0.4, -0.2) is 57.0 Å². The molecule has 6 heteroatoms. The van der Waals surface area contributed by atoms with E-state index in [0.717, 1.165) is 26.2 Å². The van der Waals surface area contributed by atoms with E-state index in [4.69, 9.17) is 0 Å². The summed E-state index contributed by atoms with van der Waals surface area (Å²) in [5.41, 5.74) is 0. The fourth-order valence-corrected chi connectivity index (χ4v) is 1.70. The van der Waals surface area contributed by atoms with Gasteiger partial charge in [-0.15, -0.1) is 0 Å². The highest BCUT2D eigenvalue weighted by Gasteiger charge is 2.27. The molecule has 1 saturated heterocycles. The first-order valence-corrected chi connectivity index (χ1v) is 5.65. The Morgan fingerprint density at radius 2 is 1.81 bits per heavy atom. The van der Waals surface area contributed by atoms with Crippen molar-refractivity contribution in [3.8, 4) is 0 Å². The van der Waals surface area contributed by atoms with Crippen molar-refractivity contribution in [3.05, 3.63) is 0 Å². The summed E-state index contributed by atoms with van der Waals surface area (Å²) in [5, 5.41) is 3.06. The molecule has 0 saturated carbocycles. The van der Waals surface area contributed by atoms with Crippen LogP contribution in [0.15, 0.2) is 0 Å². The lowest BCUT2D eigenvalue weighted by atomic mass is 10.4. The zero-order valence-corrected chi connectivity index (χ0v) is 9.35. The number of ether oxygens (including phenoxy) is 1. The Bertz CT molecular complexity index is 181. The normalized spacial score (nSPS) is 18.2. The SMILES string of the molecule is FC(F)(F)COCCNCCN1CCCC1. The van der Waals surface area contributed by atoms with E-state index < -0.39 is 12.8 Å². The van der Waals surface area contributed by atoms with Gasteiger partial charge in [0, 0.05) is 19.6 Å². The Labute approximate surface area is 93.9 Å². The van der Waals surface area contributed by atoms with E-state index in [9.17, 15) is 13.2 Å². The van der Waals surface area contributed by atoms with Crippen LogP contribution in [0.2, 0.25) is 0 Å². The molecule has 0 bridgehead atoms. The first kappa shape index (κ1) is 13.7. The van der Waals surface area contributed by atoms with Crippen LogP contribution in [-0.2, 0) is 4.74 Å². The van der Waals surface area contributed by atoms with Crippen molar-refractivity contribution in [2.24, 2.45) is 0 Å². The zero-order chi connectivity index (χ0) is 11.9. The largest absolute Gasteiger partial charge is 0.411 e. The van der Waals surface area contributed by atoms with Gasteiger partial charge in [-0.3, -0.25) is 0 Å². The molecule has 0 radical (unpaired) electrons. The highest BCUT2D eigenvalue weighted by Crippen LogP contribution is 2.13. The third-order valence-corrected chi connectivity index (χ3v) is 2.49. The number of hydrogen-bond acceptors (Lipinski definition) is 3. The number of halogens is 3. The summed E-state index contributed by atoms with van der Waals surface area (Å²) in [5.74, 6) is 0. The van der Waals surface area contributed by atoms with E-state index in [0.29, 0.717) is 6.54 Å². The monoisotopic (exact) mass is 240 g/mol. The summed E-state index contributed by atoms with van der Waals surface area (Å²) in [6, 6.07) is 0. The van der Waals surface area contributed by atoms with E-state index in [2.05, 4.69) is 15.0 Å². The van der Waals surface area contributed by atoms with Gasteiger partial charge in [-0.25, -0.2) is 0 Å². The predicted octanol–water partition coefficient (Wildman–Crippen LogP) is 1.25. The van der Waals surface area contributed by atoms with Crippen molar-refractivity contribution in [2.45, 2.75) is 19.0 Å². The van der Waals surface area contributed by atoms with Crippen molar-refractivity contribution in [1.82, 2.24) is 10.2 Å². The van der Waals surface area contributed by atoms with Crippen molar-refractivity contribution in [1.29, 1.82) is 0 Å². The van der Waals surface area contributed by atoms with Crippen molar-refractivity contribution < 1.29 is 17.9 Å². The second-order valence-electron chi connectivity index (χ2n) is 3.97. The van der Waals surface area contributed by atoms with E-state index in [-0.39, 0.29) is 6.61 Å². The molecule has 1 heterocycles. The Kier molecular flexibility index (Phi) is 6.08. The topological polar surface area (TPSA) is 24.5 Å². The number of nitrogens with one attached hydrogen (secondary N) is 1. The van der Waals surface area contributed by atoms with Gasteiger partial charge in [0.2, 0.25) is 0 Å². The van der Waals surface area contributed by atoms with Gasteiger partial charge in [-0.2, -0.15) is 13.2 Å². The molecule has 0 aliphatic carbocycles. The molecular formula is C10H19F3N2O. The Morgan fingerprint density at radius 1 is 1.12 bits per heavy atom. The lowest BCUT2D eigenvalue weighted by Gasteiger charge is -2.14. The van der Waals surface area contributed by atoms with Crippen LogP contribution in [0.4, 0.5) is 13.2 Å². The Balaban J connectivity index is 1.81. The quantitative estimate of drug-likeness (QED) is 0.678. The number of nitrogens with zero attached hydrogens (tertiary/aromatic N) is 1. The number of hydrogen-bond donors (Lipinski definition) is 1. The minimum atomic E-state index is -4.21. The minimum Gasteiger partial charge on any atom is -0.371 e. The van der Waals surface area contributed by atoms with Crippen molar-refractivity contribution in [3.63, 3.8) is 0 Å². The maximum atomic E-state index is 11.7. The third kappa shape index (κ3) is 7.03. The van der Waals surface area contributed by atoms with Gasteiger partial charge >= 0.3 is 6.18 Å². The smallest absolute Gasteiger partial charge is 0.371 e. The van der Waals surface area contributed by atoms with Crippen LogP contribution in [0.3, 0.4) is 0 Å². The second kappa shape index (κ2) is 7.09. The summed E-state index contributed by atoms with van der Waals surface area (Å²) in [4.78, 5) is 2.35. The second-order valence-corrected chi connectivity index (χ2v) is 3.97. The molecule has 16 heavy (non-hydrogen) atoms. The molecule has 0 aromatic rings. The molecule has 0 unspecified atom stereocenters. The molecule has 1 fully saturated rings. The van der Waals surface area contributed by atoms with E-state index >= 15 is 0 Å². The fourth-order valence-electron chi connectivity index (χ4n) is 1.70. The highest BCUT2D eigenvalue weighted by molar-refractivity contribution is 4.66. The average Bonchev–Trinajstić information content (AvgIpc) is 2.67. The molecule has 1 aliphatic heterocycles. The zero-order valence-electron chi connectivity index (χ0n) is 9.35. The lowest BCUT2D eigenvalue weighted by molar-refractivity contribution is -0.173. The summed E-state index contributed by atoms with van der Waals surface area (Å²) in [7, 11) is 0. The standard InChI is InChI=1S/C10H19F3N2O/c11-10(12,13)9-16-8-4-14-3-7-15-5-1-2-6-15/h14H,1-9H2. The summed E-state index contributed by atoms with van der Waals surface area (Å²) in [6.45, 7) is 3.51. The van der Waals surface area contributed by atoms with Gasteiger partial charge < -0.3 is 15.0 Å². The van der Waals surface area contributed by atoms with Crippen LogP contribution in [0.25, 0.3) is 0 Å². The van der Waals surface area contributed by atoms with Gasteiger partial charge in [-0.1, -0.05) is 0 Å². The number of alkyl halides is 3. The number of likely N-dealkylation sites (tertiary alicyclic amines) is 1. The third-order valence-electron chi connectivity index (χ3n) is 2.49. The maximum absolute atomic E-state index is 11.7. The molecule has 3 nitrogen and oxygen atoms in total. The Hall–Kier alpha value is -0.330. The first-order chi connectivity index (χ1) is 7.58. The molecule has 96 valence electrons. The van der Waals surface area contributed by atoms with Crippen LogP contribution in [0, 0.1) is 0 Å². The van der Waals surface area contributed by atoms with Crippen LogP contribution in [0.5, 0.6) is 0 Å². The van der Waals surface area contributed by atoms with Crippen LogP contribution < -0.4 is 5.32 Å². The van der Waals surface area contributed by atoms with Gasteiger partial charge in [-0.05, 0) is 25.9 Å². The molecule has 0 amide bonds. The molecule has 1 aliphatic rings. The Morgan fingerprint density at radius 3 is 2.44 bits per heavy atom. The summed E-state index contributed by atoms with van der Waals surface area (Å²) in [6.07, 6.45) is -1.70. The molecule has 1 N–H and O–H groups in total. The van der Waals surface area contributed by atoms with Gasteiger partial charge in [0.25, 0.3) is 0 Å². The van der Waals surface area contributed by atoms with E-state index in [1.807, 2.05) is 0 Å². The summed E-state index contributed by atoms with van der Waals surface area (Å²) >= 11 is 0. The van der Waals surface area contributed by atoms with Gasteiger partial charge in [0.15, 0.2) is 0 Å². The molecule has 0 spiro atoms. The number of rotatable bonds is 7. The average molecular weight is 240 g/mol. The molecule has 0 aromatic carbocycles. The van der Waals surface area contributed by atoms with Crippen molar-refractivity contribution >= 4 is 0 Å². The van der Waals surface area contributed by atoms with Crippen LogP contribution in [0.1, 0.15) is 12.8 Å². The maximum Gasteiger partial charge on any atom is 0.411 e. The summed E-state index contributed by atoms with van der Waals surface area (Å²) < 4.78 is 39.5.